The molecule has 2 aromatic heterocycles. The lowest BCUT2D eigenvalue weighted by Crippen LogP contribution is -2.47. The van der Waals surface area contributed by atoms with Crippen molar-refractivity contribution in [3.05, 3.63) is 58.0 Å². The van der Waals surface area contributed by atoms with Crippen molar-refractivity contribution in [3.8, 4) is 10.6 Å². The predicted octanol–water partition coefficient (Wildman–Crippen LogP) is 4.71. The number of hydrogen-bond donors (Lipinski definition) is 2. The highest BCUT2D eigenvalue weighted by Gasteiger charge is 2.26. The number of hydrogen-bond acceptors (Lipinski definition) is 5. The van der Waals surface area contributed by atoms with Crippen LogP contribution in [-0.2, 0) is 4.79 Å². The highest BCUT2D eigenvalue weighted by Crippen LogP contribution is 2.30. The standard InChI is InChI=1S/C20H20FN3O2S2/c1-11(2)17(23-18(25)13-6-4-5-7-14(13)21)19(26)24-20-22-15(10-27-20)16-9-8-12(3)28-16/h4-11,17H,1-3H3,(H,23,25)(H,22,24,26). The molecule has 0 radical (unpaired) electrons. The molecule has 146 valence electrons. The SMILES string of the molecule is Cc1ccc(-c2csc(NC(=O)C(NC(=O)c3ccccc3F)C(C)C)n2)s1. The van der Waals surface area contributed by atoms with Crippen molar-refractivity contribution < 1.29 is 14.0 Å². The summed E-state index contributed by atoms with van der Waals surface area (Å²) in [6, 6.07) is 8.87. The number of nitrogens with zero attached hydrogens (tertiary/aromatic N) is 1. The van der Waals surface area contributed by atoms with Gasteiger partial charge in [0.2, 0.25) is 5.91 Å². The van der Waals surface area contributed by atoms with Crippen molar-refractivity contribution >= 4 is 39.6 Å². The van der Waals surface area contributed by atoms with E-state index in [-0.39, 0.29) is 17.4 Å². The van der Waals surface area contributed by atoms with E-state index in [0.717, 1.165) is 10.6 Å². The maximum Gasteiger partial charge on any atom is 0.254 e. The van der Waals surface area contributed by atoms with Crippen LogP contribution in [0.15, 0.2) is 41.8 Å². The number of aromatic nitrogens is 1. The van der Waals surface area contributed by atoms with Crippen LogP contribution in [0.1, 0.15) is 29.1 Å². The second-order valence-electron chi connectivity index (χ2n) is 6.61. The Bertz CT molecular complexity index is 997. The molecule has 3 rings (SSSR count). The number of carbonyl (C=O) groups excluding carboxylic acids is 2. The minimum absolute atomic E-state index is 0.0921. The molecule has 0 aliphatic carbocycles. The minimum atomic E-state index is -0.816. The van der Waals surface area contributed by atoms with Gasteiger partial charge >= 0.3 is 0 Å². The number of thiophene rings is 1. The Morgan fingerprint density at radius 3 is 2.54 bits per heavy atom. The number of amides is 2. The van der Waals surface area contributed by atoms with Gasteiger partial charge in [0.25, 0.3) is 5.91 Å². The van der Waals surface area contributed by atoms with E-state index in [9.17, 15) is 14.0 Å². The molecular formula is C20H20FN3O2S2. The number of rotatable bonds is 6. The van der Waals surface area contributed by atoms with Crippen LogP contribution in [0.25, 0.3) is 10.6 Å². The molecule has 0 bridgehead atoms. The topological polar surface area (TPSA) is 71.1 Å². The lowest BCUT2D eigenvalue weighted by molar-refractivity contribution is -0.118. The van der Waals surface area contributed by atoms with Gasteiger partial charge in [-0.15, -0.1) is 22.7 Å². The zero-order chi connectivity index (χ0) is 20.3. The summed E-state index contributed by atoms with van der Waals surface area (Å²) in [5, 5.41) is 7.71. The number of nitrogens with one attached hydrogen (secondary N) is 2. The summed E-state index contributed by atoms with van der Waals surface area (Å²) in [6.45, 7) is 5.65. The van der Waals surface area contributed by atoms with Crippen LogP contribution in [0.3, 0.4) is 0 Å². The zero-order valence-corrected chi connectivity index (χ0v) is 17.3. The molecule has 0 aliphatic rings. The lowest BCUT2D eigenvalue weighted by atomic mass is 10.0. The molecule has 0 fully saturated rings. The van der Waals surface area contributed by atoms with Gasteiger partial charge in [-0.2, -0.15) is 0 Å². The van der Waals surface area contributed by atoms with Crippen LogP contribution in [0.4, 0.5) is 9.52 Å². The summed E-state index contributed by atoms with van der Waals surface area (Å²) in [5.41, 5.74) is 0.709. The first kappa shape index (κ1) is 20.2. The largest absolute Gasteiger partial charge is 0.340 e. The van der Waals surface area contributed by atoms with Crippen LogP contribution in [0, 0.1) is 18.7 Å². The van der Waals surface area contributed by atoms with E-state index in [1.54, 1.807) is 17.4 Å². The molecule has 1 unspecified atom stereocenters. The van der Waals surface area contributed by atoms with Gasteiger partial charge in [-0.3, -0.25) is 9.59 Å². The van der Waals surface area contributed by atoms with Crippen molar-refractivity contribution in [1.82, 2.24) is 10.3 Å². The van der Waals surface area contributed by atoms with E-state index in [1.165, 1.54) is 34.4 Å². The Morgan fingerprint density at radius 1 is 1.14 bits per heavy atom. The fraction of sp³-hybridized carbons (Fsp3) is 0.250. The van der Waals surface area contributed by atoms with E-state index >= 15 is 0 Å². The fourth-order valence-corrected chi connectivity index (χ4v) is 4.22. The number of carbonyl (C=O) groups is 2. The van der Waals surface area contributed by atoms with Crippen molar-refractivity contribution in [2.75, 3.05) is 5.32 Å². The summed E-state index contributed by atoms with van der Waals surface area (Å²) >= 11 is 2.95. The van der Waals surface area contributed by atoms with Gasteiger partial charge < -0.3 is 10.6 Å². The lowest BCUT2D eigenvalue weighted by Gasteiger charge is -2.21. The third-order valence-electron chi connectivity index (χ3n) is 4.08. The average molecular weight is 418 g/mol. The van der Waals surface area contributed by atoms with Gasteiger partial charge in [-0.1, -0.05) is 26.0 Å². The average Bonchev–Trinajstić information content (AvgIpc) is 3.28. The molecule has 8 heteroatoms. The molecule has 28 heavy (non-hydrogen) atoms. The Balaban J connectivity index is 1.71. The molecule has 0 saturated heterocycles. The fourth-order valence-electron chi connectivity index (χ4n) is 2.60. The van der Waals surface area contributed by atoms with Gasteiger partial charge in [0.05, 0.1) is 16.1 Å². The number of halogens is 1. The maximum absolute atomic E-state index is 13.8. The Labute approximate surface area is 170 Å². The second kappa shape index (κ2) is 8.62. The third-order valence-corrected chi connectivity index (χ3v) is 5.86. The number of anilines is 1. The van der Waals surface area contributed by atoms with E-state index < -0.39 is 17.8 Å². The van der Waals surface area contributed by atoms with Crippen molar-refractivity contribution in [2.45, 2.75) is 26.8 Å². The second-order valence-corrected chi connectivity index (χ2v) is 8.76. The smallest absolute Gasteiger partial charge is 0.254 e. The third kappa shape index (κ3) is 4.63. The molecule has 2 amide bonds. The molecule has 0 spiro atoms. The Kier molecular flexibility index (Phi) is 6.21. The van der Waals surface area contributed by atoms with Crippen LogP contribution in [0.5, 0.6) is 0 Å². The molecule has 2 N–H and O–H groups in total. The predicted molar refractivity (Wildman–Crippen MR) is 111 cm³/mol. The quantitative estimate of drug-likeness (QED) is 0.610. The first-order valence-electron chi connectivity index (χ1n) is 8.73. The summed E-state index contributed by atoms with van der Waals surface area (Å²) in [4.78, 5) is 31.8. The van der Waals surface area contributed by atoms with Crippen molar-refractivity contribution in [2.24, 2.45) is 5.92 Å². The molecular weight excluding hydrogens is 397 g/mol. The molecule has 3 aromatic rings. The molecule has 2 heterocycles. The van der Waals surface area contributed by atoms with Gasteiger partial charge in [0.15, 0.2) is 5.13 Å². The van der Waals surface area contributed by atoms with Crippen molar-refractivity contribution in [1.29, 1.82) is 0 Å². The van der Waals surface area contributed by atoms with Crippen LogP contribution < -0.4 is 10.6 Å². The molecule has 1 atom stereocenters. The van der Waals surface area contributed by atoms with E-state index in [2.05, 4.69) is 15.6 Å². The van der Waals surface area contributed by atoms with E-state index in [0.29, 0.717) is 5.13 Å². The van der Waals surface area contributed by atoms with Crippen molar-refractivity contribution in [3.63, 3.8) is 0 Å². The monoisotopic (exact) mass is 417 g/mol. The van der Waals surface area contributed by atoms with Gasteiger partial charge in [0.1, 0.15) is 11.9 Å². The zero-order valence-electron chi connectivity index (χ0n) is 15.7. The molecule has 0 aliphatic heterocycles. The van der Waals surface area contributed by atoms with E-state index in [4.69, 9.17) is 0 Å². The first-order chi connectivity index (χ1) is 13.3. The molecule has 1 aromatic carbocycles. The number of aryl methyl sites for hydroxylation is 1. The van der Waals surface area contributed by atoms with Crippen LogP contribution in [-0.4, -0.2) is 22.8 Å². The normalized spacial score (nSPS) is 12.0. The summed E-state index contributed by atoms with van der Waals surface area (Å²) in [6.07, 6.45) is 0. The van der Waals surface area contributed by atoms with E-state index in [1.807, 2.05) is 38.3 Å². The Morgan fingerprint density at radius 2 is 1.89 bits per heavy atom. The van der Waals surface area contributed by atoms with Crippen LogP contribution >= 0.6 is 22.7 Å². The Hall–Kier alpha value is -2.58. The summed E-state index contributed by atoms with van der Waals surface area (Å²) in [5.74, 6) is -1.82. The first-order valence-corrected chi connectivity index (χ1v) is 10.4. The van der Waals surface area contributed by atoms with Gasteiger partial charge in [-0.25, -0.2) is 9.37 Å². The minimum Gasteiger partial charge on any atom is -0.340 e. The number of thiazole rings is 1. The maximum atomic E-state index is 13.8. The van der Waals surface area contributed by atoms with Gasteiger partial charge in [0, 0.05) is 10.3 Å². The number of benzene rings is 1. The van der Waals surface area contributed by atoms with Crippen LogP contribution in [0.2, 0.25) is 0 Å². The molecule has 5 nitrogen and oxygen atoms in total. The summed E-state index contributed by atoms with van der Waals surface area (Å²) < 4.78 is 13.8. The summed E-state index contributed by atoms with van der Waals surface area (Å²) in [7, 11) is 0. The highest BCUT2D eigenvalue weighted by molar-refractivity contribution is 7.17. The highest BCUT2D eigenvalue weighted by atomic mass is 32.1. The van der Waals surface area contributed by atoms with Gasteiger partial charge in [-0.05, 0) is 37.1 Å². The molecule has 0 saturated carbocycles.